The van der Waals surface area contributed by atoms with Crippen molar-refractivity contribution in [3.8, 4) is 0 Å². The van der Waals surface area contributed by atoms with Gasteiger partial charge in [-0.2, -0.15) is 0 Å². The first-order valence-corrected chi connectivity index (χ1v) is 6.86. The monoisotopic (exact) mass is 313 g/mol. The van der Waals surface area contributed by atoms with Gasteiger partial charge in [-0.15, -0.1) is 0 Å². The van der Waals surface area contributed by atoms with E-state index in [2.05, 4.69) is 34.7 Å². The molecule has 0 N–H and O–H groups in total. The van der Waals surface area contributed by atoms with Gasteiger partial charge >= 0.3 is 0 Å². The van der Waals surface area contributed by atoms with E-state index in [9.17, 15) is 4.79 Å². The smallest absolute Gasteiger partial charge is 0.160 e. The van der Waals surface area contributed by atoms with E-state index in [-0.39, 0.29) is 5.78 Å². The highest BCUT2D eigenvalue weighted by Crippen LogP contribution is 2.25. The number of likely N-dealkylation sites (N-methyl/N-ethyl adjacent to an activating group) is 1. The van der Waals surface area contributed by atoms with Crippen LogP contribution in [0.15, 0.2) is 22.7 Å². The van der Waals surface area contributed by atoms with Gasteiger partial charge in [0.25, 0.3) is 0 Å². The number of halogens is 1. The molecule has 0 aromatic heterocycles. The summed E-state index contributed by atoms with van der Waals surface area (Å²) in [7, 11) is 1.71. The van der Waals surface area contributed by atoms with Gasteiger partial charge in [-0.3, -0.25) is 4.79 Å². The molecule has 1 unspecified atom stereocenters. The number of ether oxygens (including phenoxy) is 1. The van der Waals surface area contributed by atoms with Crippen LogP contribution in [0.2, 0.25) is 0 Å². The molecule has 4 heteroatoms. The molecule has 100 valence electrons. The highest BCUT2D eigenvalue weighted by atomic mass is 79.9. The molecule has 1 aromatic rings. The third kappa shape index (κ3) is 3.56. The lowest BCUT2D eigenvalue weighted by Gasteiger charge is -2.30. The number of anilines is 1. The third-order valence-corrected chi connectivity index (χ3v) is 3.60. The molecule has 0 radical (unpaired) electrons. The molecule has 0 aliphatic heterocycles. The molecule has 0 aliphatic rings. The summed E-state index contributed by atoms with van der Waals surface area (Å²) < 4.78 is 6.04. The third-order valence-electron chi connectivity index (χ3n) is 2.94. The molecule has 0 aliphatic carbocycles. The van der Waals surface area contributed by atoms with E-state index in [1.165, 1.54) is 0 Å². The summed E-state index contributed by atoms with van der Waals surface area (Å²) >= 11 is 3.45. The molecule has 0 fully saturated rings. The first-order valence-electron chi connectivity index (χ1n) is 6.07. The Morgan fingerprint density at radius 3 is 2.61 bits per heavy atom. The summed E-state index contributed by atoms with van der Waals surface area (Å²) in [6, 6.07) is 6.14. The fraction of sp³-hybridized carbons (Fsp3) is 0.500. The summed E-state index contributed by atoms with van der Waals surface area (Å²) in [6.07, 6.45) is 0. The van der Waals surface area contributed by atoms with Crippen molar-refractivity contribution >= 4 is 27.4 Å². The largest absolute Gasteiger partial charge is 0.383 e. The summed E-state index contributed by atoms with van der Waals surface area (Å²) in [4.78, 5) is 13.6. The Bertz CT molecular complexity index is 420. The fourth-order valence-electron chi connectivity index (χ4n) is 2.05. The van der Waals surface area contributed by atoms with Crippen molar-refractivity contribution in [3.05, 3.63) is 28.2 Å². The molecule has 1 aromatic carbocycles. The van der Waals surface area contributed by atoms with Crippen molar-refractivity contribution in [3.63, 3.8) is 0 Å². The van der Waals surface area contributed by atoms with E-state index in [0.29, 0.717) is 18.2 Å². The SMILES string of the molecule is CCN(c1ccc(C(C)=O)c(Br)c1)C(C)COC. The Hall–Kier alpha value is -0.870. The predicted molar refractivity (Wildman–Crippen MR) is 78.5 cm³/mol. The first-order chi connectivity index (χ1) is 8.51. The maximum Gasteiger partial charge on any atom is 0.160 e. The number of benzene rings is 1. The Morgan fingerprint density at radius 1 is 1.50 bits per heavy atom. The molecule has 3 nitrogen and oxygen atoms in total. The first kappa shape index (κ1) is 15.2. The molecule has 18 heavy (non-hydrogen) atoms. The van der Waals surface area contributed by atoms with Crippen LogP contribution in [0.25, 0.3) is 0 Å². The number of ketones is 1. The lowest BCUT2D eigenvalue weighted by molar-refractivity contribution is 0.101. The van der Waals surface area contributed by atoms with Gasteiger partial charge in [-0.25, -0.2) is 0 Å². The second-order valence-electron chi connectivity index (χ2n) is 4.31. The van der Waals surface area contributed by atoms with Gasteiger partial charge in [0.15, 0.2) is 5.78 Å². The van der Waals surface area contributed by atoms with Gasteiger partial charge in [0.05, 0.1) is 6.61 Å². The Labute approximate surface area is 117 Å². The Balaban J connectivity index is 3.01. The molecule has 0 spiro atoms. The standard InChI is InChI=1S/C14H20BrNO2/c1-5-16(10(2)9-18-4)12-6-7-13(11(3)17)14(15)8-12/h6-8,10H,5,9H2,1-4H3. The minimum Gasteiger partial charge on any atom is -0.383 e. The molecular weight excluding hydrogens is 294 g/mol. The van der Waals surface area contributed by atoms with Gasteiger partial charge in [-0.1, -0.05) is 0 Å². The molecule has 0 amide bonds. The van der Waals surface area contributed by atoms with E-state index in [1.807, 2.05) is 18.2 Å². The topological polar surface area (TPSA) is 29.5 Å². The zero-order valence-corrected chi connectivity index (χ0v) is 13.0. The van der Waals surface area contributed by atoms with Crippen LogP contribution in [0.5, 0.6) is 0 Å². The molecule has 0 heterocycles. The van der Waals surface area contributed by atoms with Crippen LogP contribution >= 0.6 is 15.9 Å². The van der Waals surface area contributed by atoms with Crippen molar-refractivity contribution in [2.45, 2.75) is 26.8 Å². The molecule has 0 saturated carbocycles. The van der Waals surface area contributed by atoms with Crippen LogP contribution in [0.4, 0.5) is 5.69 Å². The molecular formula is C14H20BrNO2. The highest BCUT2D eigenvalue weighted by Gasteiger charge is 2.14. The molecule has 0 bridgehead atoms. The second-order valence-corrected chi connectivity index (χ2v) is 5.17. The molecule has 1 rings (SSSR count). The quantitative estimate of drug-likeness (QED) is 0.753. The normalized spacial score (nSPS) is 12.3. The van der Waals surface area contributed by atoms with E-state index in [1.54, 1.807) is 14.0 Å². The van der Waals surface area contributed by atoms with Crippen molar-refractivity contribution in [1.82, 2.24) is 0 Å². The zero-order valence-electron chi connectivity index (χ0n) is 11.4. The van der Waals surface area contributed by atoms with E-state index >= 15 is 0 Å². The van der Waals surface area contributed by atoms with Crippen molar-refractivity contribution in [2.24, 2.45) is 0 Å². The Morgan fingerprint density at radius 2 is 2.17 bits per heavy atom. The van der Waals surface area contributed by atoms with Crippen molar-refractivity contribution in [2.75, 3.05) is 25.2 Å². The number of hydrogen-bond donors (Lipinski definition) is 0. The van der Waals surface area contributed by atoms with Crippen LogP contribution in [0.1, 0.15) is 31.1 Å². The van der Waals surface area contributed by atoms with E-state index < -0.39 is 0 Å². The lowest BCUT2D eigenvalue weighted by atomic mass is 10.1. The summed E-state index contributed by atoms with van der Waals surface area (Å²) in [5, 5.41) is 0. The predicted octanol–water partition coefficient (Wildman–Crippen LogP) is 3.51. The van der Waals surface area contributed by atoms with Gasteiger partial charge in [0.2, 0.25) is 0 Å². The van der Waals surface area contributed by atoms with E-state index in [0.717, 1.165) is 16.7 Å². The number of carbonyl (C=O) groups is 1. The average molecular weight is 314 g/mol. The highest BCUT2D eigenvalue weighted by molar-refractivity contribution is 9.10. The van der Waals surface area contributed by atoms with Gasteiger partial charge in [0.1, 0.15) is 0 Å². The van der Waals surface area contributed by atoms with Crippen LogP contribution in [0, 0.1) is 0 Å². The maximum atomic E-state index is 11.4. The summed E-state index contributed by atoms with van der Waals surface area (Å²) in [5.74, 6) is 0.0708. The van der Waals surface area contributed by atoms with Crippen molar-refractivity contribution in [1.29, 1.82) is 0 Å². The van der Waals surface area contributed by atoms with Crippen LogP contribution < -0.4 is 4.90 Å². The lowest BCUT2D eigenvalue weighted by Crippen LogP contribution is -2.36. The van der Waals surface area contributed by atoms with Gasteiger partial charge in [-0.05, 0) is 54.9 Å². The maximum absolute atomic E-state index is 11.4. The number of nitrogens with zero attached hydrogens (tertiary/aromatic N) is 1. The second kappa shape index (κ2) is 6.90. The number of rotatable bonds is 6. The van der Waals surface area contributed by atoms with Gasteiger partial charge < -0.3 is 9.64 Å². The Kier molecular flexibility index (Phi) is 5.82. The van der Waals surface area contributed by atoms with E-state index in [4.69, 9.17) is 4.74 Å². The minimum absolute atomic E-state index is 0.0708. The number of hydrogen-bond acceptors (Lipinski definition) is 3. The zero-order chi connectivity index (χ0) is 13.7. The van der Waals surface area contributed by atoms with Crippen LogP contribution in [0.3, 0.4) is 0 Å². The number of carbonyl (C=O) groups excluding carboxylic acids is 1. The average Bonchev–Trinajstić information content (AvgIpc) is 2.29. The van der Waals surface area contributed by atoms with Crippen molar-refractivity contribution < 1.29 is 9.53 Å². The summed E-state index contributed by atoms with van der Waals surface area (Å²) in [5.41, 5.74) is 1.81. The fourth-order valence-corrected chi connectivity index (χ4v) is 2.69. The van der Waals surface area contributed by atoms with Crippen LogP contribution in [-0.4, -0.2) is 32.1 Å². The van der Waals surface area contributed by atoms with Gasteiger partial charge in [0, 0.05) is 35.4 Å². The molecule has 0 saturated heterocycles. The van der Waals surface area contributed by atoms with Crippen LogP contribution in [-0.2, 0) is 4.74 Å². The number of methoxy groups -OCH3 is 1. The summed E-state index contributed by atoms with van der Waals surface area (Å²) in [6.45, 7) is 7.39. The molecule has 1 atom stereocenters. The minimum atomic E-state index is 0.0708. The number of Topliss-reactive ketones (excluding diaryl/α,β-unsaturated/α-hetero) is 1.